The largest absolute Gasteiger partial charge is 0.480 e. The van der Waals surface area contributed by atoms with E-state index < -0.39 is 24.5 Å². The van der Waals surface area contributed by atoms with Gasteiger partial charge in [-0.15, -0.1) is 0 Å². The second-order valence-electron chi connectivity index (χ2n) is 4.00. The number of rotatable bonds is 6. The fraction of sp³-hybridized carbons (Fsp3) is 0.700. The third-order valence-corrected chi connectivity index (χ3v) is 2.97. The van der Waals surface area contributed by atoms with Gasteiger partial charge < -0.3 is 21.1 Å². The van der Waals surface area contributed by atoms with E-state index in [1.165, 1.54) is 0 Å². The van der Waals surface area contributed by atoms with E-state index in [0.717, 1.165) is 19.4 Å². The first-order valence-corrected chi connectivity index (χ1v) is 6.32. The molecule has 0 radical (unpaired) electrons. The van der Waals surface area contributed by atoms with Crippen molar-refractivity contribution in [3.05, 3.63) is 0 Å². The van der Waals surface area contributed by atoms with Crippen LogP contribution >= 0.6 is 12.6 Å². The Morgan fingerprint density at radius 3 is 2.67 bits per heavy atom. The molecule has 1 aliphatic heterocycles. The molecule has 1 aliphatic rings. The highest BCUT2D eigenvalue weighted by Crippen LogP contribution is 2.05. The normalized spacial score (nSPS) is 20.2. The lowest BCUT2D eigenvalue weighted by molar-refractivity contribution is -0.138. The number of nitrogens with one attached hydrogen (secondary N) is 3. The molecule has 0 saturated carbocycles. The van der Waals surface area contributed by atoms with E-state index in [4.69, 9.17) is 5.11 Å². The Kier molecular flexibility index (Phi) is 5.93. The van der Waals surface area contributed by atoms with Gasteiger partial charge in [-0.1, -0.05) is 0 Å². The van der Waals surface area contributed by atoms with Crippen molar-refractivity contribution in [3.8, 4) is 0 Å². The average molecular weight is 275 g/mol. The molecular formula is C10H17N3O4S. The van der Waals surface area contributed by atoms with Crippen molar-refractivity contribution in [1.29, 1.82) is 0 Å². The molecule has 2 amide bonds. The molecule has 1 rings (SSSR count). The van der Waals surface area contributed by atoms with Crippen LogP contribution in [0.3, 0.4) is 0 Å². The maximum absolute atomic E-state index is 11.8. The maximum atomic E-state index is 11.8. The summed E-state index contributed by atoms with van der Waals surface area (Å²) in [5.74, 6) is -1.81. The third-order valence-electron chi connectivity index (χ3n) is 2.61. The minimum absolute atomic E-state index is 0.115. The predicted molar refractivity (Wildman–Crippen MR) is 67.5 cm³/mol. The zero-order valence-electron chi connectivity index (χ0n) is 9.81. The van der Waals surface area contributed by atoms with Crippen molar-refractivity contribution in [3.63, 3.8) is 0 Å². The van der Waals surface area contributed by atoms with Crippen molar-refractivity contribution in [2.75, 3.05) is 18.8 Å². The summed E-state index contributed by atoms with van der Waals surface area (Å²) in [6.45, 7) is 0.315. The lowest BCUT2D eigenvalue weighted by atomic mass is 10.2. The Labute approximate surface area is 110 Å². The molecule has 7 nitrogen and oxygen atoms in total. The molecule has 8 heteroatoms. The van der Waals surface area contributed by atoms with Crippen molar-refractivity contribution in [2.45, 2.75) is 24.9 Å². The van der Waals surface area contributed by atoms with E-state index in [1.54, 1.807) is 0 Å². The predicted octanol–water partition coefficient (Wildman–Crippen LogP) is -1.65. The lowest BCUT2D eigenvalue weighted by Crippen LogP contribution is -2.52. The van der Waals surface area contributed by atoms with Gasteiger partial charge in [0.1, 0.15) is 12.6 Å². The second-order valence-corrected chi connectivity index (χ2v) is 4.37. The number of carboxylic acids is 1. The molecule has 1 unspecified atom stereocenters. The van der Waals surface area contributed by atoms with Crippen LogP contribution in [-0.4, -0.2) is 53.8 Å². The molecule has 0 aliphatic carbocycles. The van der Waals surface area contributed by atoms with Gasteiger partial charge in [0.15, 0.2) is 0 Å². The van der Waals surface area contributed by atoms with Crippen LogP contribution in [0.4, 0.5) is 0 Å². The number of amides is 2. The summed E-state index contributed by atoms with van der Waals surface area (Å²) in [5.41, 5.74) is 0. The van der Waals surface area contributed by atoms with Gasteiger partial charge in [-0.3, -0.25) is 14.4 Å². The summed E-state index contributed by atoms with van der Waals surface area (Å²) in [7, 11) is 0. The Bertz CT molecular complexity index is 331. The van der Waals surface area contributed by atoms with Gasteiger partial charge in [-0.25, -0.2) is 0 Å². The summed E-state index contributed by atoms with van der Waals surface area (Å²) < 4.78 is 0. The Morgan fingerprint density at radius 1 is 1.44 bits per heavy atom. The quantitative estimate of drug-likeness (QED) is 0.374. The molecule has 0 aromatic rings. The Hall–Kier alpha value is -1.28. The minimum Gasteiger partial charge on any atom is -0.480 e. The van der Waals surface area contributed by atoms with Gasteiger partial charge in [0, 0.05) is 5.75 Å². The van der Waals surface area contributed by atoms with E-state index in [2.05, 4.69) is 28.6 Å². The van der Waals surface area contributed by atoms with Gasteiger partial charge in [-0.05, 0) is 19.4 Å². The highest BCUT2D eigenvalue weighted by molar-refractivity contribution is 7.80. The molecule has 0 bridgehead atoms. The topological polar surface area (TPSA) is 108 Å². The summed E-state index contributed by atoms with van der Waals surface area (Å²) in [6, 6.07) is -1.10. The van der Waals surface area contributed by atoms with Crippen LogP contribution in [0.2, 0.25) is 0 Å². The molecule has 0 spiro atoms. The first-order chi connectivity index (χ1) is 8.54. The number of thiol groups is 1. The zero-order valence-corrected chi connectivity index (χ0v) is 10.7. The van der Waals surface area contributed by atoms with Gasteiger partial charge in [0.05, 0.1) is 6.04 Å². The molecular weight excluding hydrogens is 258 g/mol. The number of hydrogen-bond donors (Lipinski definition) is 5. The first kappa shape index (κ1) is 14.8. The number of carbonyl (C=O) groups is 3. The number of carboxylic acid groups (broad SMARTS) is 1. The average Bonchev–Trinajstić information content (AvgIpc) is 2.86. The van der Waals surface area contributed by atoms with Gasteiger partial charge in [0.25, 0.3) is 0 Å². The molecule has 102 valence electrons. The molecule has 2 atom stereocenters. The smallest absolute Gasteiger partial charge is 0.322 e. The summed E-state index contributed by atoms with van der Waals surface area (Å²) in [5, 5.41) is 16.2. The SMILES string of the molecule is O=C(O)CNC(=O)C(CS)NC(=O)[C@@H]1CCCN1. The molecule has 18 heavy (non-hydrogen) atoms. The van der Waals surface area contributed by atoms with Crippen molar-refractivity contribution in [1.82, 2.24) is 16.0 Å². The number of carbonyl (C=O) groups excluding carboxylic acids is 2. The highest BCUT2D eigenvalue weighted by Gasteiger charge is 2.26. The summed E-state index contributed by atoms with van der Waals surface area (Å²) in [6.07, 6.45) is 1.66. The standard InChI is InChI=1S/C10H17N3O4S/c14-8(15)4-12-9(16)7(5-18)13-10(17)6-2-1-3-11-6/h6-7,11,18H,1-5H2,(H,12,16)(H,13,17)(H,14,15)/t6-,7?/m0/s1. The van der Waals surface area contributed by atoms with Crippen LogP contribution in [0, 0.1) is 0 Å². The van der Waals surface area contributed by atoms with Crippen LogP contribution in [-0.2, 0) is 14.4 Å². The van der Waals surface area contributed by atoms with E-state index in [9.17, 15) is 14.4 Å². The van der Waals surface area contributed by atoms with Crippen LogP contribution in [0.5, 0.6) is 0 Å². The van der Waals surface area contributed by atoms with Gasteiger partial charge >= 0.3 is 5.97 Å². The van der Waals surface area contributed by atoms with Crippen LogP contribution in [0.15, 0.2) is 0 Å². The van der Waals surface area contributed by atoms with Crippen molar-refractivity contribution in [2.24, 2.45) is 0 Å². The first-order valence-electron chi connectivity index (χ1n) is 5.68. The fourth-order valence-electron chi connectivity index (χ4n) is 1.66. The van der Waals surface area contributed by atoms with Gasteiger partial charge in [0.2, 0.25) is 11.8 Å². The minimum atomic E-state index is -1.13. The van der Waals surface area contributed by atoms with E-state index in [-0.39, 0.29) is 17.7 Å². The van der Waals surface area contributed by atoms with Crippen molar-refractivity contribution < 1.29 is 19.5 Å². The van der Waals surface area contributed by atoms with Crippen LogP contribution in [0.25, 0.3) is 0 Å². The van der Waals surface area contributed by atoms with E-state index in [1.807, 2.05) is 0 Å². The molecule has 1 fully saturated rings. The number of aliphatic carboxylic acids is 1. The molecule has 0 aromatic carbocycles. The second kappa shape index (κ2) is 7.22. The molecule has 1 saturated heterocycles. The molecule has 4 N–H and O–H groups in total. The molecule has 0 aromatic heterocycles. The summed E-state index contributed by atoms with van der Waals surface area (Å²) >= 11 is 3.97. The molecule has 1 heterocycles. The van der Waals surface area contributed by atoms with Crippen molar-refractivity contribution >= 4 is 30.4 Å². The monoisotopic (exact) mass is 275 g/mol. The Balaban J connectivity index is 2.42. The maximum Gasteiger partial charge on any atom is 0.322 e. The number of hydrogen-bond acceptors (Lipinski definition) is 5. The van der Waals surface area contributed by atoms with Crippen LogP contribution in [0.1, 0.15) is 12.8 Å². The third kappa shape index (κ3) is 4.53. The fourth-order valence-corrected chi connectivity index (χ4v) is 1.92. The highest BCUT2D eigenvalue weighted by atomic mass is 32.1. The zero-order chi connectivity index (χ0) is 13.5. The Morgan fingerprint density at radius 2 is 2.17 bits per heavy atom. The lowest BCUT2D eigenvalue weighted by Gasteiger charge is -2.18. The van der Waals surface area contributed by atoms with E-state index in [0.29, 0.717) is 0 Å². The van der Waals surface area contributed by atoms with Gasteiger partial charge in [-0.2, -0.15) is 12.6 Å². The summed E-state index contributed by atoms with van der Waals surface area (Å²) in [4.78, 5) is 33.6. The van der Waals surface area contributed by atoms with Crippen LogP contribution < -0.4 is 16.0 Å². The van der Waals surface area contributed by atoms with E-state index >= 15 is 0 Å².